The van der Waals surface area contributed by atoms with Gasteiger partial charge in [-0.1, -0.05) is 18.5 Å². The number of ether oxygens (including phenoxy) is 1. The predicted molar refractivity (Wildman–Crippen MR) is 79.1 cm³/mol. The molecule has 0 bridgehead atoms. The molecule has 1 aromatic carbocycles. The summed E-state index contributed by atoms with van der Waals surface area (Å²) in [5.41, 5.74) is 1.54. The largest absolute Gasteiger partial charge is 0.495 e. The minimum absolute atomic E-state index is 0.0969. The molecular formula is C14H21ClN2O2. The zero-order chi connectivity index (χ0) is 14.4. The van der Waals surface area contributed by atoms with Crippen LogP contribution in [0.2, 0.25) is 5.02 Å². The van der Waals surface area contributed by atoms with Crippen LogP contribution in [0.5, 0.6) is 5.75 Å². The lowest BCUT2D eigenvalue weighted by Gasteiger charge is -2.14. The van der Waals surface area contributed by atoms with Gasteiger partial charge in [0.1, 0.15) is 5.75 Å². The number of methoxy groups -OCH3 is 1. The Bertz CT molecular complexity index is 449. The van der Waals surface area contributed by atoms with Crippen molar-refractivity contribution in [1.29, 1.82) is 0 Å². The van der Waals surface area contributed by atoms with Crippen LogP contribution < -0.4 is 15.4 Å². The lowest BCUT2D eigenvalue weighted by atomic mass is 10.2. The van der Waals surface area contributed by atoms with E-state index in [9.17, 15) is 4.79 Å². The van der Waals surface area contributed by atoms with Crippen molar-refractivity contribution in [2.75, 3.05) is 19.0 Å². The van der Waals surface area contributed by atoms with Crippen molar-refractivity contribution in [1.82, 2.24) is 5.32 Å². The number of halogens is 1. The van der Waals surface area contributed by atoms with E-state index in [0.29, 0.717) is 22.5 Å². The molecule has 0 heterocycles. The number of carbonyl (C=O) groups is 1. The molecule has 1 amide bonds. The smallest absolute Gasteiger partial charge is 0.238 e. The highest BCUT2D eigenvalue weighted by Crippen LogP contribution is 2.30. The Morgan fingerprint density at radius 1 is 1.47 bits per heavy atom. The van der Waals surface area contributed by atoms with Crippen LogP contribution in [0.15, 0.2) is 12.1 Å². The quantitative estimate of drug-likeness (QED) is 0.844. The van der Waals surface area contributed by atoms with Crippen molar-refractivity contribution in [3.8, 4) is 5.75 Å². The minimum Gasteiger partial charge on any atom is -0.495 e. The molecule has 1 rings (SSSR count). The van der Waals surface area contributed by atoms with Crippen molar-refractivity contribution in [2.45, 2.75) is 33.2 Å². The standard InChI is InChI=1S/C14H21ClN2O2/c1-5-10(3)16-8-14(18)17-12-6-9(2)11(15)7-13(12)19-4/h6-7,10,16H,5,8H2,1-4H3,(H,17,18). The first-order chi connectivity index (χ1) is 8.97. The van der Waals surface area contributed by atoms with Gasteiger partial charge in [0.15, 0.2) is 0 Å². The van der Waals surface area contributed by atoms with Crippen molar-refractivity contribution >= 4 is 23.2 Å². The van der Waals surface area contributed by atoms with Gasteiger partial charge in [0.25, 0.3) is 0 Å². The van der Waals surface area contributed by atoms with E-state index in [4.69, 9.17) is 16.3 Å². The molecule has 0 radical (unpaired) electrons. The van der Waals surface area contributed by atoms with Gasteiger partial charge in [-0.15, -0.1) is 0 Å². The van der Waals surface area contributed by atoms with Gasteiger partial charge in [-0.05, 0) is 31.9 Å². The molecule has 0 aromatic heterocycles. The molecule has 2 N–H and O–H groups in total. The third-order valence-electron chi connectivity index (χ3n) is 2.98. The van der Waals surface area contributed by atoms with Crippen LogP contribution >= 0.6 is 11.6 Å². The van der Waals surface area contributed by atoms with Gasteiger partial charge in [-0.25, -0.2) is 0 Å². The third kappa shape index (κ3) is 4.73. The molecule has 0 fully saturated rings. The zero-order valence-electron chi connectivity index (χ0n) is 11.8. The molecule has 0 saturated carbocycles. The molecule has 0 saturated heterocycles. The Morgan fingerprint density at radius 3 is 2.74 bits per heavy atom. The SMILES string of the molecule is CCC(C)NCC(=O)Nc1cc(C)c(Cl)cc1OC. The number of anilines is 1. The molecule has 106 valence electrons. The van der Waals surface area contributed by atoms with E-state index in [1.54, 1.807) is 13.2 Å². The monoisotopic (exact) mass is 284 g/mol. The Kier molecular flexibility index (Phi) is 6.12. The third-order valence-corrected chi connectivity index (χ3v) is 3.39. The predicted octanol–water partition coefficient (Wildman–Crippen LogP) is 2.98. The average molecular weight is 285 g/mol. The lowest BCUT2D eigenvalue weighted by molar-refractivity contribution is -0.115. The average Bonchev–Trinajstić information content (AvgIpc) is 2.39. The summed E-state index contributed by atoms with van der Waals surface area (Å²) >= 11 is 6.02. The van der Waals surface area contributed by atoms with Crippen LogP contribution in [-0.4, -0.2) is 25.6 Å². The van der Waals surface area contributed by atoms with Gasteiger partial charge in [-0.3, -0.25) is 4.79 Å². The van der Waals surface area contributed by atoms with Crippen LogP contribution in [0.1, 0.15) is 25.8 Å². The zero-order valence-corrected chi connectivity index (χ0v) is 12.6. The molecular weight excluding hydrogens is 264 g/mol. The van der Waals surface area contributed by atoms with E-state index in [1.807, 2.05) is 19.9 Å². The molecule has 4 nitrogen and oxygen atoms in total. The van der Waals surface area contributed by atoms with Gasteiger partial charge in [0.05, 0.1) is 19.3 Å². The number of hydrogen-bond acceptors (Lipinski definition) is 3. The number of rotatable bonds is 6. The summed E-state index contributed by atoms with van der Waals surface area (Å²) in [5.74, 6) is 0.466. The molecule has 0 spiro atoms. The molecule has 0 aliphatic carbocycles. The highest BCUT2D eigenvalue weighted by Gasteiger charge is 2.10. The number of amides is 1. The molecule has 1 unspecified atom stereocenters. The van der Waals surface area contributed by atoms with E-state index in [1.165, 1.54) is 0 Å². The van der Waals surface area contributed by atoms with Crippen LogP contribution in [-0.2, 0) is 4.79 Å². The van der Waals surface area contributed by atoms with E-state index in [-0.39, 0.29) is 12.5 Å². The molecule has 19 heavy (non-hydrogen) atoms. The highest BCUT2D eigenvalue weighted by molar-refractivity contribution is 6.31. The van der Waals surface area contributed by atoms with Gasteiger partial charge >= 0.3 is 0 Å². The Hall–Kier alpha value is -1.26. The second kappa shape index (κ2) is 7.36. The van der Waals surface area contributed by atoms with Crippen molar-refractivity contribution in [3.63, 3.8) is 0 Å². The van der Waals surface area contributed by atoms with Crippen LogP contribution in [0.25, 0.3) is 0 Å². The fraction of sp³-hybridized carbons (Fsp3) is 0.500. The lowest BCUT2D eigenvalue weighted by Crippen LogP contribution is -2.34. The van der Waals surface area contributed by atoms with Crippen molar-refractivity contribution in [3.05, 3.63) is 22.7 Å². The first-order valence-electron chi connectivity index (χ1n) is 6.35. The van der Waals surface area contributed by atoms with E-state index in [0.717, 1.165) is 12.0 Å². The number of nitrogens with one attached hydrogen (secondary N) is 2. The van der Waals surface area contributed by atoms with Gasteiger partial charge < -0.3 is 15.4 Å². The summed E-state index contributed by atoms with van der Waals surface area (Å²) in [6.45, 7) is 6.27. The number of hydrogen-bond donors (Lipinski definition) is 2. The van der Waals surface area contributed by atoms with Crippen LogP contribution in [0.3, 0.4) is 0 Å². The summed E-state index contributed by atoms with van der Waals surface area (Å²) in [6.07, 6.45) is 0.983. The number of aryl methyl sites for hydroxylation is 1. The maximum atomic E-state index is 11.8. The second-order valence-corrected chi connectivity index (χ2v) is 4.95. The number of carbonyl (C=O) groups excluding carboxylic acids is 1. The topological polar surface area (TPSA) is 50.4 Å². The fourth-order valence-electron chi connectivity index (χ4n) is 1.54. The Balaban J connectivity index is 2.70. The number of benzene rings is 1. The molecule has 1 aromatic rings. The minimum atomic E-state index is -0.0969. The molecule has 0 aliphatic heterocycles. The maximum absolute atomic E-state index is 11.8. The molecule has 0 aliphatic rings. The Morgan fingerprint density at radius 2 is 2.16 bits per heavy atom. The van der Waals surface area contributed by atoms with Gasteiger partial charge in [0.2, 0.25) is 5.91 Å². The van der Waals surface area contributed by atoms with Crippen molar-refractivity contribution in [2.24, 2.45) is 0 Å². The van der Waals surface area contributed by atoms with E-state index < -0.39 is 0 Å². The molecule has 5 heteroatoms. The summed E-state index contributed by atoms with van der Waals surface area (Å²) in [7, 11) is 1.55. The van der Waals surface area contributed by atoms with Crippen molar-refractivity contribution < 1.29 is 9.53 Å². The summed E-state index contributed by atoms with van der Waals surface area (Å²) in [5, 5.41) is 6.58. The Labute approximate surface area is 119 Å². The maximum Gasteiger partial charge on any atom is 0.238 e. The summed E-state index contributed by atoms with van der Waals surface area (Å²) in [6, 6.07) is 3.83. The van der Waals surface area contributed by atoms with Gasteiger partial charge in [0, 0.05) is 17.1 Å². The van der Waals surface area contributed by atoms with Crippen LogP contribution in [0, 0.1) is 6.92 Å². The highest BCUT2D eigenvalue weighted by atomic mass is 35.5. The summed E-state index contributed by atoms with van der Waals surface area (Å²) < 4.78 is 5.21. The van der Waals surface area contributed by atoms with E-state index >= 15 is 0 Å². The molecule has 1 atom stereocenters. The van der Waals surface area contributed by atoms with Crippen LogP contribution in [0.4, 0.5) is 5.69 Å². The normalized spacial score (nSPS) is 12.1. The fourth-order valence-corrected chi connectivity index (χ4v) is 1.69. The summed E-state index contributed by atoms with van der Waals surface area (Å²) in [4.78, 5) is 11.8. The van der Waals surface area contributed by atoms with Gasteiger partial charge in [-0.2, -0.15) is 0 Å². The second-order valence-electron chi connectivity index (χ2n) is 4.54. The first kappa shape index (κ1) is 15.8. The first-order valence-corrected chi connectivity index (χ1v) is 6.73. The van der Waals surface area contributed by atoms with E-state index in [2.05, 4.69) is 17.6 Å².